The van der Waals surface area contributed by atoms with Crippen molar-refractivity contribution in [3.05, 3.63) is 42.5 Å². The van der Waals surface area contributed by atoms with Crippen LogP contribution in [0.5, 0.6) is 0 Å². The molecule has 1 aliphatic rings. The number of allylic oxidation sites excluding steroid dienone is 1. The Morgan fingerprint density at radius 3 is 2.32 bits per heavy atom. The molecule has 0 aliphatic carbocycles. The molecule has 0 radical (unpaired) electrons. The molecule has 1 unspecified atom stereocenters. The molecule has 0 spiro atoms. The van der Waals surface area contributed by atoms with Crippen molar-refractivity contribution in [3.8, 4) is 0 Å². The molecule has 1 aromatic carbocycles. The molecule has 4 amide bonds. The molecule has 0 aromatic heterocycles. The summed E-state index contributed by atoms with van der Waals surface area (Å²) in [6.45, 7) is 2.95. The van der Waals surface area contributed by atoms with Crippen molar-refractivity contribution >= 4 is 29.3 Å². The van der Waals surface area contributed by atoms with E-state index in [4.69, 9.17) is 0 Å². The Morgan fingerprint density at radius 2 is 1.77 bits per heavy atom. The standard InChI is InChI=1S/C16H16N2O4/c1-3-4-10-17-14(20)13(11(2)19)15(21)18(16(17)22)12-8-6-5-7-9-12/h3-9,13H,10H2,1-2H3. The minimum atomic E-state index is -1.47. The summed E-state index contributed by atoms with van der Waals surface area (Å²) < 4.78 is 0. The molecule has 114 valence electrons. The molecule has 1 saturated heterocycles. The quantitative estimate of drug-likeness (QED) is 0.627. The predicted molar refractivity (Wildman–Crippen MR) is 80.0 cm³/mol. The van der Waals surface area contributed by atoms with Crippen LogP contribution in [0.3, 0.4) is 0 Å². The van der Waals surface area contributed by atoms with Crippen molar-refractivity contribution in [3.63, 3.8) is 0 Å². The number of carbonyl (C=O) groups is 4. The second kappa shape index (κ2) is 6.34. The zero-order chi connectivity index (χ0) is 16.3. The normalized spacial score (nSPS) is 19.2. The fourth-order valence-electron chi connectivity index (χ4n) is 2.24. The number of anilines is 1. The summed E-state index contributed by atoms with van der Waals surface area (Å²) >= 11 is 0. The second-order valence-electron chi connectivity index (χ2n) is 4.85. The minimum absolute atomic E-state index is 0.0224. The van der Waals surface area contributed by atoms with Gasteiger partial charge >= 0.3 is 6.03 Å². The van der Waals surface area contributed by atoms with Gasteiger partial charge in [0, 0.05) is 6.54 Å². The van der Waals surface area contributed by atoms with Gasteiger partial charge in [-0.3, -0.25) is 19.3 Å². The lowest BCUT2D eigenvalue weighted by Crippen LogP contribution is -2.61. The van der Waals surface area contributed by atoms with Crippen LogP contribution < -0.4 is 4.90 Å². The van der Waals surface area contributed by atoms with E-state index in [1.54, 1.807) is 49.4 Å². The molecule has 1 fully saturated rings. The summed E-state index contributed by atoms with van der Waals surface area (Å²) in [7, 11) is 0. The van der Waals surface area contributed by atoms with Crippen LogP contribution in [0.15, 0.2) is 42.5 Å². The lowest BCUT2D eigenvalue weighted by Gasteiger charge is -2.35. The maximum absolute atomic E-state index is 12.5. The molecule has 6 nitrogen and oxygen atoms in total. The molecule has 0 saturated carbocycles. The molecule has 0 bridgehead atoms. The van der Waals surface area contributed by atoms with Gasteiger partial charge in [0.2, 0.25) is 0 Å². The Labute approximate surface area is 128 Å². The number of hydrogen-bond acceptors (Lipinski definition) is 4. The Bertz CT molecular complexity index is 651. The zero-order valence-corrected chi connectivity index (χ0v) is 12.4. The largest absolute Gasteiger partial charge is 0.338 e. The maximum atomic E-state index is 12.5. The molecule has 0 N–H and O–H groups in total. The Balaban J connectivity index is 2.48. The minimum Gasteiger partial charge on any atom is -0.299 e. The van der Waals surface area contributed by atoms with E-state index in [1.165, 1.54) is 6.92 Å². The summed E-state index contributed by atoms with van der Waals surface area (Å²) in [4.78, 5) is 50.7. The van der Waals surface area contributed by atoms with E-state index >= 15 is 0 Å². The van der Waals surface area contributed by atoms with Crippen molar-refractivity contribution in [2.45, 2.75) is 13.8 Å². The first kappa shape index (κ1) is 15.6. The number of hydrogen-bond donors (Lipinski definition) is 0. The van der Waals surface area contributed by atoms with Crippen LogP contribution in [-0.2, 0) is 14.4 Å². The van der Waals surface area contributed by atoms with Crippen LogP contribution in [0.2, 0.25) is 0 Å². The smallest absolute Gasteiger partial charge is 0.299 e. The lowest BCUT2D eigenvalue weighted by atomic mass is 9.98. The van der Waals surface area contributed by atoms with Crippen LogP contribution in [0.25, 0.3) is 0 Å². The van der Waals surface area contributed by atoms with Crippen LogP contribution in [0.4, 0.5) is 10.5 Å². The summed E-state index contributed by atoms with van der Waals surface area (Å²) in [6, 6.07) is 7.51. The number of Topliss-reactive ketones (excluding diaryl/α,β-unsaturated/α-hetero) is 1. The average Bonchev–Trinajstić information content (AvgIpc) is 2.48. The number of urea groups is 1. The summed E-state index contributed by atoms with van der Waals surface area (Å²) in [5, 5.41) is 0. The van der Waals surface area contributed by atoms with Gasteiger partial charge in [-0.1, -0.05) is 30.4 Å². The van der Waals surface area contributed by atoms with E-state index < -0.39 is 29.5 Å². The Morgan fingerprint density at radius 1 is 1.14 bits per heavy atom. The number of ketones is 1. The highest BCUT2D eigenvalue weighted by Crippen LogP contribution is 2.25. The van der Waals surface area contributed by atoms with Crippen molar-refractivity contribution in [1.82, 2.24) is 4.90 Å². The van der Waals surface area contributed by atoms with Crippen LogP contribution in [0.1, 0.15) is 13.8 Å². The molecule has 22 heavy (non-hydrogen) atoms. The van der Waals surface area contributed by atoms with Crippen LogP contribution >= 0.6 is 0 Å². The highest BCUT2D eigenvalue weighted by Gasteiger charge is 2.48. The van der Waals surface area contributed by atoms with Crippen molar-refractivity contribution in [1.29, 1.82) is 0 Å². The van der Waals surface area contributed by atoms with Gasteiger partial charge in [-0.2, -0.15) is 0 Å². The fourth-order valence-corrected chi connectivity index (χ4v) is 2.24. The van der Waals surface area contributed by atoms with Crippen LogP contribution in [0, 0.1) is 5.92 Å². The number of carbonyl (C=O) groups excluding carboxylic acids is 4. The average molecular weight is 300 g/mol. The molecular formula is C16H16N2O4. The van der Waals surface area contributed by atoms with Gasteiger partial charge in [-0.25, -0.2) is 9.69 Å². The number of imide groups is 2. The highest BCUT2D eigenvalue weighted by atomic mass is 16.2. The topological polar surface area (TPSA) is 74.8 Å². The summed E-state index contributed by atoms with van der Waals surface area (Å²) in [6.07, 6.45) is 3.30. The zero-order valence-electron chi connectivity index (χ0n) is 12.4. The number of para-hydroxylation sites is 1. The van der Waals surface area contributed by atoms with Crippen molar-refractivity contribution in [2.24, 2.45) is 5.92 Å². The van der Waals surface area contributed by atoms with Gasteiger partial charge < -0.3 is 0 Å². The van der Waals surface area contributed by atoms with E-state index in [0.29, 0.717) is 5.69 Å². The van der Waals surface area contributed by atoms with Crippen LogP contribution in [-0.4, -0.2) is 35.1 Å². The van der Waals surface area contributed by atoms with Gasteiger partial charge in [0.15, 0.2) is 11.7 Å². The first-order valence-corrected chi connectivity index (χ1v) is 6.85. The van der Waals surface area contributed by atoms with E-state index in [-0.39, 0.29) is 6.54 Å². The fraction of sp³-hybridized carbons (Fsp3) is 0.250. The number of benzene rings is 1. The summed E-state index contributed by atoms with van der Waals surface area (Å²) in [5.41, 5.74) is 0.335. The van der Waals surface area contributed by atoms with Gasteiger partial charge in [-0.05, 0) is 26.0 Å². The molecule has 1 atom stereocenters. The van der Waals surface area contributed by atoms with Gasteiger partial charge in [0.05, 0.1) is 5.69 Å². The van der Waals surface area contributed by atoms with E-state index in [1.807, 2.05) is 0 Å². The first-order chi connectivity index (χ1) is 10.5. The third-order valence-corrected chi connectivity index (χ3v) is 3.35. The molecule has 1 aliphatic heterocycles. The molecule has 2 rings (SSSR count). The monoisotopic (exact) mass is 300 g/mol. The third kappa shape index (κ3) is 2.67. The highest BCUT2D eigenvalue weighted by molar-refractivity contribution is 6.34. The molecule has 1 aromatic rings. The molecule has 6 heteroatoms. The molecule has 1 heterocycles. The second-order valence-corrected chi connectivity index (χ2v) is 4.85. The SMILES string of the molecule is CC=CCN1C(=O)C(C(C)=O)C(=O)N(c2ccccc2)C1=O. The summed E-state index contributed by atoms with van der Waals surface area (Å²) in [5.74, 6) is -3.62. The number of nitrogens with zero attached hydrogens (tertiary/aromatic N) is 2. The Kier molecular flexibility index (Phi) is 4.50. The number of barbiturate groups is 1. The van der Waals surface area contributed by atoms with Crippen molar-refractivity contribution in [2.75, 3.05) is 11.4 Å². The Hall–Kier alpha value is -2.76. The van der Waals surface area contributed by atoms with E-state index in [2.05, 4.69) is 0 Å². The van der Waals surface area contributed by atoms with E-state index in [9.17, 15) is 19.2 Å². The number of amides is 4. The van der Waals surface area contributed by atoms with Gasteiger partial charge in [-0.15, -0.1) is 0 Å². The van der Waals surface area contributed by atoms with Gasteiger partial charge in [0.25, 0.3) is 11.8 Å². The third-order valence-electron chi connectivity index (χ3n) is 3.35. The maximum Gasteiger partial charge on any atom is 0.338 e. The van der Waals surface area contributed by atoms with Gasteiger partial charge in [0.1, 0.15) is 0 Å². The lowest BCUT2D eigenvalue weighted by molar-refractivity contribution is -0.145. The first-order valence-electron chi connectivity index (χ1n) is 6.85. The predicted octanol–water partition coefficient (Wildman–Crippen LogP) is 1.76. The number of rotatable bonds is 4. The van der Waals surface area contributed by atoms with Crippen molar-refractivity contribution < 1.29 is 19.2 Å². The van der Waals surface area contributed by atoms with E-state index in [0.717, 1.165) is 9.80 Å². The molecular weight excluding hydrogens is 284 g/mol.